The van der Waals surface area contributed by atoms with Gasteiger partial charge in [-0.05, 0) is 6.42 Å². The molecule has 0 saturated heterocycles. The second kappa shape index (κ2) is 11.7. The van der Waals surface area contributed by atoms with Gasteiger partial charge in [-0.3, -0.25) is 0 Å². The molecule has 0 amide bonds. The van der Waals surface area contributed by atoms with E-state index in [2.05, 4.69) is 6.92 Å². The van der Waals surface area contributed by atoms with Crippen molar-refractivity contribution in [3.8, 4) is 0 Å². The Kier molecular flexibility index (Phi) is 11.6. The summed E-state index contributed by atoms with van der Waals surface area (Å²) in [6.07, 6.45) is 13.0. The highest BCUT2D eigenvalue weighted by atomic mass is 16.6. The number of hydrogen-bond acceptors (Lipinski definition) is 2. The maximum Gasteiger partial charge on any atom is 0.189 e. The number of hydrogen-bond donors (Lipinski definition) is 0. The highest BCUT2D eigenvalue weighted by Crippen LogP contribution is 2.11. The van der Waals surface area contributed by atoms with E-state index < -0.39 is 0 Å². The van der Waals surface area contributed by atoms with E-state index in [1.54, 1.807) is 14.1 Å². The van der Waals surface area contributed by atoms with Crippen LogP contribution in [-0.4, -0.2) is 31.6 Å². The van der Waals surface area contributed by atoms with E-state index in [0.717, 1.165) is 13.0 Å². The first-order valence-electron chi connectivity index (χ1n) is 8.14. The molecule has 0 aliphatic carbocycles. The Hall–Kier alpha value is -0.120. The fraction of sp³-hybridized carbons (Fsp3) is 1.00. The number of ether oxygens (including phenoxy) is 1. The predicted molar refractivity (Wildman–Crippen MR) is 82.7 cm³/mol. The average Bonchev–Trinajstić information content (AvgIpc) is 2.34. The smallest absolute Gasteiger partial charge is 0.189 e. The fourth-order valence-electron chi connectivity index (χ4n) is 2.02. The summed E-state index contributed by atoms with van der Waals surface area (Å²) in [4.78, 5) is 0. The average molecular weight is 273 g/mol. The summed E-state index contributed by atoms with van der Waals surface area (Å²) in [7, 11) is 3.26. The van der Waals surface area contributed by atoms with E-state index in [9.17, 15) is 5.21 Å². The van der Waals surface area contributed by atoms with Gasteiger partial charge in [0, 0.05) is 6.92 Å². The Labute approximate surface area is 120 Å². The van der Waals surface area contributed by atoms with Gasteiger partial charge in [0.2, 0.25) is 0 Å². The summed E-state index contributed by atoms with van der Waals surface area (Å²) in [5, 5.41) is 11.5. The summed E-state index contributed by atoms with van der Waals surface area (Å²) < 4.78 is 5.17. The van der Waals surface area contributed by atoms with Crippen LogP contribution >= 0.6 is 0 Å². The monoisotopic (exact) mass is 273 g/mol. The molecule has 0 N–H and O–H groups in total. The van der Waals surface area contributed by atoms with Gasteiger partial charge in [-0.25, -0.2) is 0 Å². The first kappa shape index (κ1) is 18.9. The highest BCUT2D eigenvalue weighted by molar-refractivity contribution is 4.47. The van der Waals surface area contributed by atoms with Crippen molar-refractivity contribution in [2.24, 2.45) is 0 Å². The van der Waals surface area contributed by atoms with Crippen LogP contribution in [0.1, 0.15) is 78.1 Å². The molecule has 3 heteroatoms. The molecule has 0 aromatic rings. The molecule has 3 nitrogen and oxygen atoms in total. The lowest BCUT2D eigenvalue weighted by Gasteiger charge is -2.39. The van der Waals surface area contributed by atoms with Gasteiger partial charge in [-0.2, -0.15) is 0 Å². The Balaban J connectivity index is 3.15. The Morgan fingerprint density at radius 3 is 1.68 bits per heavy atom. The van der Waals surface area contributed by atoms with E-state index in [4.69, 9.17) is 4.74 Å². The molecular formula is C16H35NO2. The molecular weight excluding hydrogens is 238 g/mol. The molecule has 0 aliphatic rings. The Morgan fingerprint density at radius 2 is 1.26 bits per heavy atom. The van der Waals surface area contributed by atoms with Crippen LogP contribution in [0.25, 0.3) is 0 Å². The number of hydroxylamine groups is 3. The van der Waals surface area contributed by atoms with Gasteiger partial charge in [0.15, 0.2) is 6.23 Å². The van der Waals surface area contributed by atoms with Crippen molar-refractivity contribution >= 4 is 0 Å². The van der Waals surface area contributed by atoms with Crippen LogP contribution in [-0.2, 0) is 4.74 Å². The highest BCUT2D eigenvalue weighted by Gasteiger charge is 2.13. The summed E-state index contributed by atoms with van der Waals surface area (Å²) in [5.41, 5.74) is 0. The van der Waals surface area contributed by atoms with E-state index in [1.807, 2.05) is 6.92 Å². The molecule has 0 aromatic carbocycles. The SMILES string of the molecule is CCCCCCCCCCCCOC(C)[N+](C)(C)[O-]. The van der Waals surface area contributed by atoms with Crippen molar-refractivity contribution in [2.75, 3.05) is 20.7 Å². The van der Waals surface area contributed by atoms with Crippen LogP contribution in [0.5, 0.6) is 0 Å². The van der Waals surface area contributed by atoms with Crippen molar-refractivity contribution in [1.82, 2.24) is 0 Å². The van der Waals surface area contributed by atoms with Gasteiger partial charge in [0.1, 0.15) is 0 Å². The first-order valence-corrected chi connectivity index (χ1v) is 8.14. The van der Waals surface area contributed by atoms with Crippen molar-refractivity contribution in [3.05, 3.63) is 5.21 Å². The van der Waals surface area contributed by atoms with Gasteiger partial charge in [-0.15, -0.1) is 0 Å². The number of rotatable bonds is 13. The zero-order valence-electron chi connectivity index (χ0n) is 13.6. The second-order valence-electron chi connectivity index (χ2n) is 6.09. The zero-order valence-corrected chi connectivity index (χ0v) is 13.6. The van der Waals surface area contributed by atoms with E-state index in [-0.39, 0.29) is 10.9 Å². The number of nitrogens with zero attached hydrogens (tertiary/aromatic N) is 1. The van der Waals surface area contributed by atoms with Gasteiger partial charge in [0.25, 0.3) is 0 Å². The van der Waals surface area contributed by atoms with Crippen molar-refractivity contribution in [1.29, 1.82) is 0 Å². The minimum absolute atomic E-state index is 0.251. The molecule has 0 saturated carbocycles. The van der Waals surface area contributed by atoms with E-state index >= 15 is 0 Å². The normalized spacial score (nSPS) is 13.7. The first-order chi connectivity index (χ1) is 8.98. The summed E-state index contributed by atoms with van der Waals surface area (Å²) >= 11 is 0. The van der Waals surface area contributed by atoms with E-state index in [0.29, 0.717) is 0 Å². The second-order valence-corrected chi connectivity index (χ2v) is 6.09. The molecule has 116 valence electrons. The number of quaternary nitrogens is 1. The van der Waals surface area contributed by atoms with Crippen LogP contribution in [0.3, 0.4) is 0 Å². The van der Waals surface area contributed by atoms with Crippen LogP contribution in [0, 0.1) is 5.21 Å². The fourth-order valence-corrected chi connectivity index (χ4v) is 2.02. The summed E-state index contributed by atoms with van der Waals surface area (Å²) in [6, 6.07) is 0. The van der Waals surface area contributed by atoms with Gasteiger partial charge in [0.05, 0.1) is 20.7 Å². The molecule has 1 atom stereocenters. The zero-order chi connectivity index (χ0) is 14.6. The van der Waals surface area contributed by atoms with Crippen LogP contribution < -0.4 is 0 Å². The van der Waals surface area contributed by atoms with Crippen LogP contribution in [0.2, 0.25) is 0 Å². The standard InChI is InChI=1S/C16H35NO2/c1-5-6-7-8-9-10-11-12-13-14-15-19-16(2)17(3,4)18/h16H,5-15H2,1-4H3. The van der Waals surface area contributed by atoms with Crippen molar-refractivity contribution < 1.29 is 9.38 Å². The third-order valence-electron chi connectivity index (χ3n) is 3.73. The van der Waals surface area contributed by atoms with Gasteiger partial charge < -0.3 is 14.6 Å². The third-order valence-corrected chi connectivity index (χ3v) is 3.73. The number of unbranched alkanes of at least 4 members (excludes halogenated alkanes) is 9. The molecule has 0 aromatic heterocycles. The van der Waals surface area contributed by atoms with Gasteiger partial charge >= 0.3 is 0 Å². The molecule has 19 heavy (non-hydrogen) atoms. The minimum Gasteiger partial charge on any atom is -0.631 e. The molecule has 0 rings (SSSR count). The maximum absolute atomic E-state index is 11.5. The molecule has 0 spiro atoms. The molecule has 0 fully saturated rings. The predicted octanol–water partition coefficient (Wildman–Crippen LogP) is 4.84. The largest absolute Gasteiger partial charge is 0.631 e. The minimum atomic E-state index is -0.363. The lowest BCUT2D eigenvalue weighted by molar-refractivity contribution is -0.889. The van der Waals surface area contributed by atoms with Crippen LogP contribution in [0.15, 0.2) is 0 Å². The molecule has 0 heterocycles. The Bertz CT molecular complexity index is 190. The molecule has 0 bridgehead atoms. The lowest BCUT2D eigenvalue weighted by atomic mass is 10.1. The molecule has 0 radical (unpaired) electrons. The van der Waals surface area contributed by atoms with Crippen molar-refractivity contribution in [2.45, 2.75) is 84.3 Å². The van der Waals surface area contributed by atoms with Crippen molar-refractivity contribution in [3.63, 3.8) is 0 Å². The topological polar surface area (TPSA) is 32.3 Å². The third kappa shape index (κ3) is 12.6. The van der Waals surface area contributed by atoms with Crippen LogP contribution in [0.4, 0.5) is 0 Å². The quantitative estimate of drug-likeness (QED) is 0.208. The Morgan fingerprint density at radius 1 is 0.842 bits per heavy atom. The van der Waals surface area contributed by atoms with E-state index in [1.165, 1.54) is 57.8 Å². The molecule has 1 unspecified atom stereocenters. The summed E-state index contributed by atoms with van der Waals surface area (Å²) in [6.45, 7) is 4.83. The summed E-state index contributed by atoms with van der Waals surface area (Å²) in [5.74, 6) is 0. The molecule has 0 aliphatic heterocycles. The lowest BCUT2D eigenvalue weighted by Crippen LogP contribution is -2.43. The maximum atomic E-state index is 11.5. The van der Waals surface area contributed by atoms with Gasteiger partial charge in [-0.1, -0.05) is 64.7 Å².